The summed E-state index contributed by atoms with van der Waals surface area (Å²) in [6, 6.07) is 10.5. The number of carbonyl (C=O) groups excluding carboxylic acids is 1. The van der Waals surface area contributed by atoms with Gasteiger partial charge in [0.25, 0.3) is 0 Å². The van der Waals surface area contributed by atoms with E-state index in [2.05, 4.69) is 11.6 Å². The Bertz CT molecular complexity index is 495. The number of hydrogen-bond donors (Lipinski definition) is 2. The Balaban J connectivity index is 1.75. The molecule has 5 nitrogen and oxygen atoms in total. The summed E-state index contributed by atoms with van der Waals surface area (Å²) in [4.78, 5) is 16.8. The van der Waals surface area contributed by atoms with Crippen LogP contribution >= 0.6 is 0 Å². The van der Waals surface area contributed by atoms with Gasteiger partial charge in [0.1, 0.15) is 12.4 Å². The molecule has 1 saturated heterocycles. The second-order valence-corrected chi connectivity index (χ2v) is 7.52. The average Bonchev–Trinajstić information content (AvgIpc) is 2.46. The van der Waals surface area contributed by atoms with Gasteiger partial charge < -0.3 is 14.8 Å². The van der Waals surface area contributed by atoms with E-state index in [0.29, 0.717) is 0 Å². The van der Waals surface area contributed by atoms with Crippen molar-refractivity contribution in [3.63, 3.8) is 0 Å². The molecule has 1 atom stereocenters. The van der Waals surface area contributed by atoms with Crippen molar-refractivity contribution >= 4 is 15.1 Å². The van der Waals surface area contributed by atoms with Crippen LogP contribution in [0.2, 0.25) is 6.04 Å². The number of amides is 1. The number of aliphatic hydroxyl groups excluding tert-OH is 1. The summed E-state index contributed by atoms with van der Waals surface area (Å²) in [5.74, 6) is 0.199. The SMILES string of the molecule is C=C(O)[C@H]1CC[Si](NC(=O)OCc2ccccc2)CN1C. The quantitative estimate of drug-likeness (QED) is 0.661. The van der Waals surface area contributed by atoms with Crippen molar-refractivity contribution in [3.05, 3.63) is 48.2 Å². The molecule has 1 aromatic carbocycles. The summed E-state index contributed by atoms with van der Waals surface area (Å²) in [5.41, 5.74) is 0.974. The normalized spacial score (nSPS) is 20.0. The van der Waals surface area contributed by atoms with Crippen molar-refractivity contribution < 1.29 is 14.6 Å². The predicted octanol–water partition coefficient (Wildman–Crippen LogP) is 2.22. The van der Waals surface area contributed by atoms with E-state index in [1.54, 1.807) is 0 Å². The van der Waals surface area contributed by atoms with Crippen molar-refractivity contribution in [2.45, 2.75) is 25.1 Å². The fourth-order valence-corrected chi connectivity index (χ4v) is 4.62. The van der Waals surface area contributed by atoms with Gasteiger partial charge in [0.05, 0.1) is 6.04 Å². The Morgan fingerprint density at radius 2 is 2.24 bits per heavy atom. The molecule has 1 aliphatic heterocycles. The fraction of sp³-hybridized carbons (Fsp3) is 0.400. The van der Waals surface area contributed by atoms with Crippen LogP contribution in [0.25, 0.3) is 0 Å². The topological polar surface area (TPSA) is 61.8 Å². The lowest BCUT2D eigenvalue weighted by molar-refractivity contribution is 0.144. The molecule has 1 amide bonds. The highest BCUT2D eigenvalue weighted by Crippen LogP contribution is 2.18. The van der Waals surface area contributed by atoms with Crippen LogP contribution in [0.1, 0.15) is 12.0 Å². The molecule has 0 spiro atoms. The van der Waals surface area contributed by atoms with Gasteiger partial charge in [-0.3, -0.25) is 4.90 Å². The molecule has 21 heavy (non-hydrogen) atoms. The predicted molar refractivity (Wildman–Crippen MR) is 83.1 cm³/mol. The van der Waals surface area contributed by atoms with Crippen LogP contribution in [0.4, 0.5) is 4.79 Å². The van der Waals surface area contributed by atoms with Gasteiger partial charge in [0.2, 0.25) is 0 Å². The molecule has 1 fully saturated rings. The summed E-state index contributed by atoms with van der Waals surface area (Å²) in [6.45, 7) is 3.88. The zero-order chi connectivity index (χ0) is 15.2. The number of nitrogens with zero attached hydrogens (tertiary/aromatic N) is 1. The Morgan fingerprint density at radius 3 is 2.86 bits per heavy atom. The lowest BCUT2D eigenvalue weighted by Crippen LogP contribution is -2.53. The highest BCUT2D eigenvalue weighted by Gasteiger charge is 2.30. The molecule has 0 aliphatic carbocycles. The smallest absolute Gasteiger partial charge is 0.399 e. The molecule has 1 heterocycles. The molecule has 2 rings (SSSR count). The van der Waals surface area contributed by atoms with E-state index < -0.39 is 8.96 Å². The third kappa shape index (κ3) is 4.61. The van der Waals surface area contributed by atoms with Crippen molar-refractivity contribution in [3.8, 4) is 0 Å². The highest BCUT2D eigenvalue weighted by atomic mass is 28.3. The summed E-state index contributed by atoms with van der Waals surface area (Å²) in [5, 5.41) is 9.49. The summed E-state index contributed by atoms with van der Waals surface area (Å²) in [6.07, 6.45) is 1.23. The molecule has 6 heteroatoms. The van der Waals surface area contributed by atoms with Crippen molar-refractivity contribution in [1.82, 2.24) is 9.88 Å². The van der Waals surface area contributed by atoms with Crippen molar-refractivity contribution in [2.75, 3.05) is 13.2 Å². The largest absolute Gasteiger partial charge is 0.511 e. The molecule has 0 aromatic heterocycles. The van der Waals surface area contributed by atoms with Crippen LogP contribution < -0.4 is 4.98 Å². The van der Waals surface area contributed by atoms with Crippen molar-refractivity contribution in [2.24, 2.45) is 0 Å². The summed E-state index contributed by atoms with van der Waals surface area (Å²) >= 11 is 0. The molecule has 1 aromatic rings. The van der Waals surface area contributed by atoms with E-state index in [9.17, 15) is 9.90 Å². The van der Waals surface area contributed by atoms with Crippen LogP contribution in [0.15, 0.2) is 42.7 Å². The lowest BCUT2D eigenvalue weighted by Gasteiger charge is -2.35. The monoisotopic (exact) mass is 305 g/mol. The number of aliphatic hydroxyl groups is 1. The first-order valence-electron chi connectivity index (χ1n) is 6.96. The van der Waals surface area contributed by atoms with Gasteiger partial charge in [0.15, 0.2) is 8.96 Å². The molecule has 1 aliphatic rings. The number of rotatable bonds is 4. The van der Waals surface area contributed by atoms with E-state index >= 15 is 0 Å². The van der Waals surface area contributed by atoms with Gasteiger partial charge in [0, 0.05) is 6.17 Å². The van der Waals surface area contributed by atoms with Crippen LogP contribution in [-0.2, 0) is 11.3 Å². The number of carbonyl (C=O) groups is 1. The standard InChI is InChI=1S/C15H21N2O3Si/c1-12(18)14-8-9-21(11-17(14)2)16-15(19)20-10-13-6-4-3-5-7-13/h3-7,14,18H,1,8-11H2,2H3,(H,16,19)/t14-/m1/s1. The Labute approximate surface area is 126 Å². The second kappa shape index (κ2) is 7.28. The molecule has 113 valence electrons. The van der Waals surface area contributed by atoms with Gasteiger partial charge in [-0.2, -0.15) is 0 Å². The lowest BCUT2D eigenvalue weighted by atomic mass is 10.2. The molecular formula is C15H21N2O3Si. The van der Waals surface area contributed by atoms with Gasteiger partial charge in [-0.25, -0.2) is 4.79 Å². The Morgan fingerprint density at radius 1 is 1.52 bits per heavy atom. The first-order valence-corrected chi connectivity index (χ1v) is 8.88. The maximum Gasteiger partial charge on any atom is 0.399 e. The van der Waals surface area contributed by atoms with E-state index in [4.69, 9.17) is 4.74 Å². The highest BCUT2D eigenvalue weighted by molar-refractivity contribution is 6.59. The number of ether oxygens (including phenoxy) is 1. The molecule has 0 saturated carbocycles. The first-order chi connectivity index (χ1) is 10.1. The minimum atomic E-state index is -1.02. The minimum absolute atomic E-state index is 0.000823. The Hall–Kier alpha value is -1.79. The maximum atomic E-state index is 11.8. The molecular weight excluding hydrogens is 284 g/mol. The third-order valence-corrected chi connectivity index (χ3v) is 5.90. The van der Waals surface area contributed by atoms with E-state index in [0.717, 1.165) is 24.2 Å². The number of likely N-dealkylation sites (N-methyl/N-ethyl adjacent to an activating group) is 1. The van der Waals surface area contributed by atoms with Crippen LogP contribution in [-0.4, -0.2) is 44.3 Å². The van der Waals surface area contributed by atoms with Crippen LogP contribution in [0, 0.1) is 0 Å². The van der Waals surface area contributed by atoms with Gasteiger partial charge in [-0.05, 0) is 25.1 Å². The number of benzene rings is 1. The van der Waals surface area contributed by atoms with Crippen LogP contribution in [0.3, 0.4) is 0 Å². The Kier molecular flexibility index (Phi) is 5.41. The van der Waals surface area contributed by atoms with Gasteiger partial charge in [-0.1, -0.05) is 36.9 Å². The van der Waals surface area contributed by atoms with Gasteiger partial charge in [-0.15, -0.1) is 0 Å². The molecule has 0 bridgehead atoms. The van der Waals surface area contributed by atoms with Crippen molar-refractivity contribution in [1.29, 1.82) is 0 Å². The van der Waals surface area contributed by atoms with Crippen LogP contribution in [0.5, 0.6) is 0 Å². The molecule has 0 unspecified atom stereocenters. The van der Waals surface area contributed by atoms with E-state index in [-0.39, 0.29) is 24.5 Å². The fourth-order valence-electron chi connectivity index (χ4n) is 2.45. The molecule has 2 N–H and O–H groups in total. The minimum Gasteiger partial charge on any atom is -0.511 e. The van der Waals surface area contributed by atoms with E-state index in [1.165, 1.54) is 0 Å². The first kappa shape index (κ1) is 15.6. The number of hydrogen-bond acceptors (Lipinski definition) is 4. The maximum absolute atomic E-state index is 11.8. The second-order valence-electron chi connectivity index (χ2n) is 5.25. The van der Waals surface area contributed by atoms with Gasteiger partial charge >= 0.3 is 6.09 Å². The summed E-state index contributed by atoms with van der Waals surface area (Å²) in [7, 11) is 0.922. The zero-order valence-corrected chi connectivity index (χ0v) is 13.2. The zero-order valence-electron chi connectivity index (χ0n) is 12.2. The average molecular weight is 305 g/mol. The third-order valence-electron chi connectivity index (χ3n) is 3.57. The number of nitrogens with one attached hydrogen (secondary N) is 1. The van der Waals surface area contributed by atoms with E-state index in [1.807, 2.05) is 42.3 Å². The molecule has 1 radical (unpaired) electrons. The summed E-state index contributed by atoms with van der Waals surface area (Å²) < 4.78 is 5.23.